The Hall–Kier alpha value is -2.24. The zero-order valence-corrected chi connectivity index (χ0v) is 8.79. The van der Waals surface area contributed by atoms with Gasteiger partial charge in [-0.2, -0.15) is 0 Å². The highest BCUT2D eigenvalue weighted by Crippen LogP contribution is 2.18. The van der Waals surface area contributed by atoms with E-state index in [0.717, 1.165) is 5.56 Å². The van der Waals surface area contributed by atoms with Crippen molar-refractivity contribution in [1.29, 1.82) is 0 Å². The minimum absolute atomic E-state index is 0.0734. The smallest absolute Gasteiger partial charge is 0.311 e. The summed E-state index contributed by atoms with van der Waals surface area (Å²) in [5.41, 5.74) is 1.59. The predicted octanol–water partition coefficient (Wildman–Crippen LogP) is 1.83. The molecule has 0 heterocycles. The number of rotatable bonds is 3. The lowest BCUT2D eigenvalue weighted by molar-refractivity contribution is -0.135. The summed E-state index contributed by atoms with van der Waals surface area (Å²) in [5, 5.41) is 15.2. The molecule has 0 aromatic heterocycles. The summed E-state index contributed by atoms with van der Waals surface area (Å²) in [4.78, 5) is 14.6. The summed E-state index contributed by atoms with van der Waals surface area (Å²) >= 11 is 0. The second kappa shape index (κ2) is 5.59. The summed E-state index contributed by atoms with van der Waals surface area (Å²) in [5.74, 6) is 3.93. The normalized spacial score (nSPS) is 11.9. The molecule has 0 fully saturated rings. The molecule has 1 aromatic carbocycles. The molecular formula is C10H12N4O2. The zero-order chi connectivity index (χ0) is 12.0. The van der Waals surface area contributed by atoms with Crippen LogP contribution in [-0.2, 0) is 4.79 Å². The van der Waals surface area contributed by atoms with E-state index in [9.17, 15) is 4.79 Å². The summed E-state index contributed by atoms with van der Waals surface area (Å²) in [6.45, 7) is 1.87. The summed E-state index contributed by atoms with van der Waals surface area (Å²) in [6, 6.07) is 7.32. The van der Waals surface area contributed by atoms with E-state index < -0.39 is 5.97 Å². The SMILES string of the molecule is Cc1ccccc1N=C(CC(=O)O)N=NN. The fourth-order valence-electron chi connectivity index (χ4n) is 1.13. The van der Waals surface area contributed by atoms with E-state index in [0.29, 0.717) is 5.69 Å². The molecule has 1 rings (SSSR count). The maximum absolute atomic E-state index is 10.5. The van der Waals surface area contributed by atoms with Crippen molar-refractivity contribution in [3.8, 4) is 0 Å². The third kappa shape index (κ3) is 3.49. The number of aliphatic carboxylic acids is 1. The molecule has 0 aliphatic carbocycles. The lowest BCUT2D eigenvalue weighted by Gasteiger charge is -2.00. The minimum Gasteiger partial charge on any atom is -0.481 e. The van der Waals surface area contributed by atoms with Gasteiger partial charge in [-0.3, -0.25) is 4.79 Å². The molecule has 6 nitrogen and oxygen atoms in total. The quantitative estimate of drug-likeness (QED) is 0.267. The van der Waals surface area contributed by atoms with Gasteiger partial charge in [0, 0.05) is 0 Å². The van der Waals surface area contributed by atoms with Gasteiger partial charge in [-0.15, -0.1) is 5.11 Å². The van der Waals surface area contributed by atoms with Gasteiger partial charge >= 0.3 is 5.97 Å². The number of aliphatic imine (C=N–C) groups is 1. The molecule has 0 amide bonds. The van der Waals surface area contributed by atoms with Crippen molar-refractivity contribution in [2.24, 2.45) is 21.2 Å². The van der Waals surface area contributed by atoms with Crippen molar-refractivity contribution in [2.45, 2.75) is 13.3 Å². The van der Waals surface area contributed by atoms with Crippen molar-refractivity contribution >= 4 is 17.5 Å². The number of amidine groups is 1. The average Bonchev–Trinajstić information content (AvgIpc) is 2.21. The molecule has 84 valence electrons. The number of aryl methyl sites for hydroxylation is 1. The first kappa shape index (κ1) is 11.8. The fraction of sp³-hybridized carbons (Fsp3) is 0.200. The lowest BCUT2D eigenvalue weighted by Crippen LogP contribution is -2.04. The molecule has 0 bridgehead atoms. The molecule has 0 saturated carbocycles. The molecule has 0 spiro atoms. The molecule has 3 N–H and O–H groups in total. The maximum Gasteiger partial charge on any atom is 0.311 e. The summed E-state index contributed by atoms with van der Waals surface area (Å²) < 4.78 is 0. The fourth-order valence-corrected chi connectivity index (χ4v) is 1.13. The standard InChI is InChI=1S/C10H12N4O2/c1-7-4-2-3-5-8(7)12-9(13-14-11)6-10(15)16/h2-5H,6H2,1H3,(H,15,16)(H2,11,12,13). The molecular weight excluding hydrogens is 208 g/mol. The first-order chi connectivity index (χ1) is 7.63. The van der Waals surface area contributed by atoms with Gasteiger partial charge in [0.2, 0.25) is 0 Å². The average molecular weight is 220 g/mol. The van der Waals surface area contributed by atoms with Gasteiger partial charge in [-0.25, -0.2) is 4.99 Å². The van der Waals surface area contributed by atoms with Crippen LogP contribution in [0.25, 0.3) is 0 Å². The Morgan fingerprint density at radius 1 is 1.44 bits per heavy atom. The third-order valence-corrected chi connectivity index (χ3v) is 1.85. The van der Waals surface area contributed by atoms with Crippen LogP contribution in [0, 0.1) is 6.92 Å². The molecule has 0 atom stereocenters. The van der Waals surface area contributed by atoms with E-state index in [2.05, 4.69) is 15.3 Å². The van der Waals surface area contributed by atoms with Gasteiger partial charge in [-0.1, -0.05) is 23.4 Å². The van der Waals surface area contributed by atoms with Crippen LogP contribution in [0.1, 0.15) is 12.0 Å². The van der Waals surface area contributed by atoms with Crippen LogP contribution in [0.3, 0.4) is 0 Å². The number of carboxylic acids is 1. The number of carboxylic acid groups (broad SMARTS) is 1. The van der Waals surface area contributed by atoms with Crippen molar-refractivity contribution in [3.05, 3.63) is 29.8 Å². The lowest BCUT2D eigenvalue weighted by atomic mass is 10.2. The van der Waals surface area contributed by atoms with E-state index in [1.807, 2.05) is 25.1 Å². The van der Waals surface area contributed by atoms with Crippen molar-refractivity contribution in [1.82, 2.24) is 0 Å². The van der Waals surface area contributed by atoms with E-state index in [4.69, 9.17) is 10.9 Å². The Morgan fingerprint density at radius 2 is 2.12 bits per heavy atom. The van der Waals surface area contributed by atoms with Gasteiger partial charge in [0.1, 0.15) is 6.42 Å². The Balaban J connectivity index is 3.02. The number of benzene rings is 1. The predicted molar refractivity (Wildman–Crippen MR) is 59.6 cm³/mol. The molecule has 6 heteroatoms. The minimum atomic E-state index is -1.03. The number of hydrogen-bond donors (Lipinski definition) is 2. The van der Waals surface area contributed by atoms with Gasteiger partial charge in [0.25, 0.3) is 0 Å². The second-order valence-corrected chi connectivity index (χ2v) is 3.10. The van der Waals surface area contributed by atoms with Crippen LogP contribution < -0.4 is 5.84 Å². The first-order valence-electron chi connectivity index (χ1n) is 4.59. The molecule has 16 heavy (non-hydrogen) atoms. The van der Waals surface area contributed by atoms with Crippen LogP contribution in [-0.4, -0.2) is 16.9 Å². The van der Waals surface area contributed by atoms with Gasteiger partial charge < -0.3 is 10.9 Å². The molecule has 1 aromatic rings. The monoisotopic (exact) mass is 220 g/mol. The number of nitrogens with two attached hydrogens (primary N) is 1. The number of hydrogen-bond acceptors (Lipinski definition) is 3. The Labute approximate surface area is 92.5 Å². The van der Waals surface area contributed by atoms with Crippen LogP contribution >= 0.6 is 0 Å². The summed E-state index contributed by atoms with van der Waals surface area (Å²) in [7, 11) is 0. The number of carbonyl (C=O) groups is 1. The Morgan fingerprint density at radius 3 is 2.69 bits per heavy atom. The molecule has 0 unspecified atom stereocenters. The molecule has 0 aliphatic heterocycles. The third-order valence-electron chi connectivity index (χ3n) is 1.85. The Bertz CT molecular complexity index is 440. The van der Waals surface area contributed by atoms with Crippen LogP contribution in [0.2, 0.25) is 0 Å². The topological polar surface area (TPSA) is 100 Å². The first-order valence-corrected chi connectivity index (χ1v) is 4.59. The van der Waals surface area contributed by atoms with Crippen molar-refractivity contribution in [3.63, 3.8) is 0 Å². The van der Waals surface area contributed by atoms with Gasteiger partial charge in [-0.05, 0) is 18.6 Å². The van der Waals surface area contributed by atoms with Gasteiger partial charge in [0.05, 0.1) is 5.69 Å². The van der Waals surface area contributed by atoms with E-state index >= 15 is 0 Å². The highest BCUT2D eigenvalue weighted by atomic mass is 16.4. The molecule has 0 aliphatic rings. The highest BCUT2D eigenvalue weighted by molar-refractivity contribution is 5.98. The van der Waals surface area contributed by atoms with Gasteiger partial charge in [0.15, 0.2) is 5.84 Å². The van der Waals surface area contributed by atoms with Crippen molar-refractivity contribution < 1.29 is 9.90 Å². The van der Waals surface area contributed by atoms with E-state index in [-0.39, 0.29) is 12.3 Å². The van der Waals surface area contributed by atoms with Crippen molar-refractivity contribution in [2.75, 3.05) is 0 Å². The Kier molecular flexibility index (Phi) is 4.14. The van der Waals surface area contributed by atoms with E-state index in [1.165, 1.54) is 0 Å². The molecule has 0 radical (unpaired) electrons. The highest BCUT2D eigenvalue weighted by Gasteiger charge is 2.05. The zero-order valence-electron chi connectivity index (χ0n) is 8.79. The number of nitrogens with zero attached hydrogens (tertiary/aromatic N) is 3. The van der Waals surface area contributed by atoms with Crippen LogP contribution in [0.5, 0.6) is 0 Å². The van der Waals surface area contributed by atoms with E-state index in [1.54, 1.807) is 6.07 Å². The summed E-state index contributed by atoms with van der Waals surface area (Å²) in [6.07, 6.45) is -0.310. The molecule has 0 saturated heterocycles. The second-order valence-electron chi connectivity index (χ2n) is 3.10. The van der Waals surface area contributed by atoms with Crippen LogP contribution in [0.4, 0.5) is 5.69 Å². The van der Waals surface area contributed by atoms with Crippen LogP contribution in [0.15, 0.2) is 39.6 Å². The maximum atomic E-state index is 10.5. The largest absolute Gasteiger partial charge is 0.481 e. The number of para-hydroxylation sites is 1.